The molecule has 100 valence electrons. The summed E-state index contributed by atoms with van der Waals surface area (Å²) in [4.78, 5) is 22.5. The third kappa shape index (κ3) is 2.49. The minimum atomic E-state index is -0.594. The Labute approximate surface area is 118 Å². The molecule has 0 saturated carbocycles. The van der Waals surface area contributed by atoms with E-state index in [-0.39, 0.29) is 12.4 Å². The summed E-state index contributed by atoms with van der Waals surface area (Å²) in [5, 5.41) is 3.76. The third-order valence-electron chi connectivity index (χ3n) is 2.61. The molecular formula is C13H12BrNO4. The fraction of sp³-hybridized carbons (Fsp3) is 0.231. The minimum Gasteiger partial charge on any atom is -0.460 e. The van der Waals surface area contributed by atoms with Crippen LogP contribution in [0.2, 0.25) is 0 Å². The van der Waals surface area contributed by atoms with Crippen LogP contribution < -0.4 is 5.32 Å². The van der Waals surface area contributed by atoms with Gasteiger partial charge in [0.15, 0.2) is 0 Å². The number of furan rings is 1. The van der Waals surface area contributed by atoms with Crippen LogP contribution in [0.4, 0.5) is 5.69 Å². The van der Waals surface area contributed by atoms with Crippen molar-refractivity contribution in [1.29, 1.82) is 0 Å². The molecule has 1 N–H and O–H groups in total. The van der Waals surface area contributed by atoms with Gasteiger partial charge in [-0.1, -0.05) is 28.1 Å². The van der Waals surface area contributed by atoms with Crippen molar-refractivity contribution < 1.29 is 18.7 Å². The molecule has 0 saturated heterocycles. The van der Waals surface area contributed by atoms with Crippen molar-refractivity contribution in [3.63, 3.8) is 0 Å². The van der Waals surface area contributed by atoms with Gasteiger partial charge in [0.05, 0.1) is 6.61 Å². The molecule has 2 aromatic rings. The van der Waals surface area contributed by atoms with Crippen molar-refractivity contribution in [1.82, 2.24) is 0 Å². The van der Waals surface area contributed by atoms with Gasteiger partial charge in [-0.05, 0) is 13.0 Å². The average molecular weight is 326 g/mol. The maximum absolute atomic E-state index is 11.8. The molecule has 0 unspecified atom stereocenters. The summed E-state index contributed by atoms with van der Waals surface area (Å²) in [6.07, 6.45) is 0.508. The molecule has 0 spiro atoms. The van der Waals surface area contributed by atoms with Crippen LogP contribution in [-0.2, 0) is 14.9 Å². The lowest BCUT2D eigenvalue weighted by atomic mass is 10.1. The SMILES string of the molecule is CCOC(=O)c1oc2c(CBr)cccc2c1NC=O. The number of hydrogen-bond acceptors (Lipinski definition) is 4. The van der Waals surface area contributed by atoms with E-state index in [0.29, 0.717) is 28.4 Å². The van der Waals surface area contributed by atoms with E-state index >= 15 is 0 Å². The van der Waals surface area contributed by atoms with Crippen molar-refractivity contribution in [3.8, 4) is 0 Å². The lowest BCUT2D eigenvalue weighted by Crippen LogP contribution is -2.06. The van der Waals surface area contributed by atoms with Crippen LogP contribution in [0.5, 0.6) is 0 Å². The van der Waals surface area contributed by atoms with Gasteiger partial charge in [-0.2, -0.15) is 0 Å². The molecule has 0 aliphatic heterocycles. The lowest BCUT2D eigenvalue weighted by molar-refractivity contribution is -0.105. The van der Waals surface area contributed by atoms with Gasteiger partial charge in [-0.25, -0.2) is 4.79 Å². The smallest absolute Gasteiger partial charge is 0.376 e. The number of carbonyl (C=O) groups is 2. The number of ether oxygens (including phenoxy) is 1. The van der Waals surface area contributed by atoms with Gasteiger partial charge in [0.1, 0.15) is 11.3 Å². The Morgan fingerprint density at radius 1 is 1.53 bits per heavy atom. The van der Waals surface area contributed by atoms with Gasteiger partial charge in [-0.15, -0.1) is 0 Å². The molecule has 0 aliphatic rings. The maximum Gasteiger partial charge on any atom is 0.376 e. The van der Waals surface area contributed by atoms with Gasteiger partial charge in [0.2, 0.25) is 12.2 Å². The van der Waals surface area contributed by atoms with Crippen LogP contribution in [-0.4, -0.2) is 19.0 Å². The Hall–Kier alpha value is -1.82. The summed E-state index contributed by atoms with van der Waals surface area (Å²) < 4.78 is 10.5. The number of alkyl halides is 1. The summed E-state index contributed by atoms with van der Waals surface area (Å²) in [6.45, 7) is 1.94. The Kier molecular flexibility index (Phi) is 4.21. The number of anilines is 1. The molecule has 1 aromatic carbocycles. The Morgan fingerprint density at radius 3 is 2.95 bits per heavy atom. The molecule has 1 heterocycles. The Morgan fingerprint density at radius 2 is 2.32 bits per heavy atom. The number of rotatable bonds is 5. The number of benzene rings is 1. The summed E-state index contributed by atoms with van der Waals surface area (Å²) >= 11 is 3.35. The van der Waals surface area contributed by atoms with Gasteiger partial charge < -0.3 is 14.5 Å². The predicted molar refractivity (Wildman–Crippen MR) is 74.5 cm³/mol. The summed E-state index contributed by atoms with van der Waals surface area (Å²) in [7, 11) is 0. The van der Waals surface area contributed by atoms with Crippen molar-refractivity contribution in [2.75, 3.05) is 11.9 Å². The zero-order valence-corrected chi connectivity index (χ0v) is 11.8. The van der Waals surface area contributed by atoms with Crippen molar-refractivity contribution >= 4 is 45.0 Å². The molecule has 6 heteroatoms. The van der Waals surface area contributed by atoms with Gasteiger partial charge in [0, 0.05) is 16.3 Å². The molecule has 1 amide bonds. The largest absolute Gasteiger partial charge is 0.460 e. The average Bonchev–Trinajstić information content (AvgIpc) is 2.78. The van der Waals surface area contributed by atoms with Gasteiger partial charge in [0.25, 0.3) is 0 Å². The summed E-state index contributed by atoms with van der Waals surface area (Å²) in [5.74, 6) is -0.582. The molecule has 0 atom stereocenters. The highest BCUT2D eigenvalue weighted by atomic mass is 79.9. The molecule has 5 nitrogen and oxygen atoms in total. The number of hydrogen-bond donors (Lipinski definition) is 1. The second-order valence-corrected chi connectivity index (χ2v) is 4.28. The molecule has 1 aromatic heterocycles. The van der Waals surface area contributed by atoms with Crippen molar-refractivity contribution in [2.24, 2.45) is 0 Å². The van der Waals surface area contributed by atoms with Gasteiger partial charge in [-0.3, -0.25) is 4.79 Å². The number of para-hydroxylation sites is 1. The monoisotopic (exact) mass is 325 g/mol. The highest BCUT2D eigenvalue weighted by molar-refractivity contribution is 9.08. The first-order valence-corrected chi connectivity index (χ1v) is 6.82. The molecule has 0 radical (unpaired) electrons. The van der Waals surface area contributed by atoms with E-state index in [2.05, 4.69) is 21.2 Å². The second-order valence-electron chi connectivity index (χ2n) is 3.72. The summed E-state index contributed by atoms with van der Waals surface area (Å²) in [6, 6.07) is 5.49. The molecule has 0 aliphatic carbocycles. The number of nitrogens with one attached hydrogen (secondary N) is 1. The van der Waals surface area contributed by atoms with Crippen molar-refractivity contribution in [3.05, 3.63) is 29.5 Å². The van der Waals surface area contributed by atoms with Crippen LogP contribution in [0.1, 0.15) is 23.0 Å². The van der Waals surface area contributed by atoms with E-state index in [1.165, 1.54) is 0 Å². The number of carbonyl (C=O) groups excluding carboxylic acids is 2. The quantitative estimate of drug-likeness (QED) is 0.521. The first kappa shape index (κ1) is 13.6. The highest BCUT2D eigenvalue weighted by Gasteiger charge is 2.22. The molecule has 0 bridgehead atoms. The topological polar surface area (TPSA) is 68.5 Å². The number of fused-ring (bicyclic) bond motifs is 1. The zero-order valence-electron chi connectivity index (χ0n) is 10.2. The van der Waals surface area contributed by atoms with Crippen molar-refractivity contribution in [2.45, 2.75) is 12.3 Å². The van der Waals surface area contributed by atoms with Crippen LogP contribution in [0.3, 0.4) is 0 Å². The molecule has 19 heavy (non-hydrogen) atoms. The van der Waals surface area contributed by atoms with E-state index in [4.69, 9.17) is 9.15 Å². The first-order chi connectivity index (χ1) is 9.22. The molecule has 2 rings (SSSR count). The van der Waals surface area contributed by atoms with Crippen LogP contribution in [0.25, 0.3) is 11.0 Å². The van der Waals surface area contributed by atoms with E-state index in [0.717, 1.165) is 5.56 Å². The Balaban J connectivity index is 2.65. The fourth-order valence-electron chi connectivity index (χ4n) is 1.83. The first-order valence-electron chi connectivity index (χ1n) is 5.70. The van der Waals surface area contributed by atoms with Crippen LogP contribution in [0, 0.1) is 0 Å². The zero-order chi connectivity index (χ0) is 13.8. The van der Waals surface area contributed by atoms with E-state index in [1.807, 2.05) is 12.1 Å². The van der Waals surface area contributed by atoms with Gasteiger partial charge >= 0.3 is 5.97 Å². The second kappa shape index (κ2) is 5.88. The number of halogens is 1. The molecule has 0 fully saturated rings. The highest BCUT2D eigenvalue weighted by Crippen LogP contribution is 2.34. The normalized spacial score (nSPS) is 10.4. The maximum atomic E-state index is 11.8. The van der Waals surface area contributed by atoms with E-state index < -0.39 is 5.97 Å². The van der Waals surface area contributed by atoms with E-state index in [1.54, 1.807) is 13.0 Å². The fourth-order valence-corrected chi connectivity index (χ4v) is 2.27. The lowest BCUT2D eigenvalue weighted by Gasteiger charge is -2.00. The van der Waals surface area contributed by atoms with E-state index in [9.17, 15) is 9.59 Å². The Bertz CT molecular complexity index is 620. The standard InChI is InChI=1S/C13H12BrNO4/c1-2-18-13(17)12-10(15-7-16)9-5-3-4-8(6-14)11(9)19-12/h3-5,7H,2,6H2,1H3,(H,15,16). The molecular weight excluding hydrogens is 314 g/mol. The summed E-state index contributed by atoms with van der Waals surface area (Å²) in [5.41, 5.74) is 1.79. The minimum absolute atomic E-state index is 0.0114. The predicted octanol–water partition coefficient (Wildman–Crippen LogP) is 3.07. The van der Waals surface area contributed by atoms with Crippen LogP contribution >= 0.6 is 15.9 Å². The number of esters is 1. The third-order valence-corrected chi connectivity index (χ3v) is 3.21. The number of amides is 1. The van der Waals surface area contributed by atoms with Crippen LogP contribution in [0.15, 0.2) is 22.6 Å².